The normalized spacial score (nSPS) is 14.1. The van der Waals surface area contributed by atoms with Crippen LogP contribution in [-0.4, -0.2) is 59.9 Å². The van der Waals surface area contributed by atoms with Crippen molar-refractivity contribution in [1.82, 2.24) is 0 Å². The van der Waals surface area contributed by atoms with E-state index in [1.54, 1.807) is 0 Å². The van der Waals surface area contributed by atoms with E-state index in [1.807, 2.05) is 12.2 Å². The van der Waals surface area contributed by atoms with Gasteiger partial charge in [-0.25, -0.2) is 4.57 Å². The molecule has 11 nitrogen and oxygen atoms in total. The Hall–Kier alpha value is -2.82. The average Bonchev–Trinajstić information content (AvgIpc) is 3.27. The molecule has 1 unspecified atom stereocenters. The molecule has 0 aliphatic rings. The first-order chi connectivity index (χ1) is 31.1. The molecule has 370 valence electrons. The van der Waals surface area contributed by atoms with Crippen LogP contribution in [0.25, 0.3) is 0 Å². The van der Waals surface area contributed by atoms with Gasteiger partial charge in [-0.05, 0) is 51.4 Å². The third-order valence-corrected chi connectivity index (χ3v) is 11.7. The molecule has 0 amide bonds. The van der Waals surface area contributed by atoms with Crippen molar-refractivity contribution in [2.45, 2.75) is 231 Å². The largest absolute Gasteiger partial charge is 0.480 e. The smallest absolute Gasteiger partial charge is 0.472 e. The summed E-state index contributed by atoms with van der Waals surface area (Å²) in [6.07, 6.45) is 55.9. The van der Waals surface area contributed by atoms with Crippen molar-refractivity contribution in [2.75, 3.05) is 19.8 Å². The molecule has 0 bridgehead atoms. The molecule has 0 aromatic rings. The van der Waals surface area contributed by atoms with Gasteiger partial charge in [0.1, 0.15) is 12.6 Å². The number of carbonyl (C=O) groups is 3. The van der Waals surface area contributed by atoms with E-state index >= 15 is 0 Å². The van der Waals surface area contributed by atoms with Crippen molar-refractivity contribution >= 4 is 25.7 Å². The second-order valence-corrected chi connectivity index (χ2v) is 18.4. The highest BCUT2D eigenvalue weighted by Crippen LogP contribution is 2.43. The summed E-state index contributed by atoms with van der Waals surface area (Å²) in [4.78, 5) is 46.1. The van der Waals surface area contributed by atoms with Crippen molar-refractivity contribution in [1.29, 1.82) is 0 Å². The standard InChI is InChI=1S/C52H92NO10P/c1-3-5-7-9-11-13-15-17-19-21-23-24-26-28-30-32-34-36-38-40-42-44-51(55)63-48(46-61-64(58,59)62-47-49(53)52(56)57)45-60-50(54)43-41-39-37-35-33-31-29-27-25-22-20-18-16-14-12-10-8-6-4-2/h12,14,18,20,25,27,31,33,37,39,48-49H,3-11,13,15-17,19,21-24,26,28-30,32,34-36,38,40-47,53H2,1-2H3,(H,56,57)(H,58,59)/b14-12-,20-18-,27-25-,33-31-,39-37-/t48-,49+/m1/s1. The minimum absolute atomic E-state index is 0.0980. The topological polar surface area (TPSA) is 172 Å². The van der Waals surface area contributed by atoms with Gasteiger partial charge in [0.25, 0.3) is 0 Å². The maximum atomic E-state index is 12.7. The van der Waals surface area contributed by atoms with Gasteiger partial charge in [-0.3, -0.25) is 23.4 Å². The molecule has 4 N–H and O–H groups in total. The third kappa shape index (κ3) is 45.7. The zero-order valence-electron chi connectivity index (χ0n) is 40.4. The van der Waals surface area contributed by atoms with Crippen LogP contribution in [0.2, 0.25) is 0 Å². The second-order valence-electron chi connectivity index (χ2n) is 17.0. The Morgan fingerprint density at radius 1 is 0.484 bits per heavy atom. The Bertz CT molecular complexity index is 1310. The highest BCUT2D eigenvalue weighted by Gasteiger charge is 2.28. The molecule has 0 fully saturated rings. The van der Waals surface area contributed by atoms with E-state index in [0.29, 0.717) is 12.8 Å². The van der Waals surface area contributed by atoms with E-state index in [2.05, 4.69) is 67.0 Å². The highest BCUT2D eigenvalue weighted by molar-refractivity contribution is 7.47. The summed E-state index contributed by atoms with van der Waals surface area (Å²) >= 11 is 0. The molecule has 0 saturated heterocycles. The van der Waals surface area contributed by atoms with Crippen LogP contribution in [0.4, 0.5) is 0 Å². The number of phosphoric ester groups is 1. The van der Waals surface area contributed by atoms with Crippen molar-refractivity contribution in [3.05, 3.63) is 60.8 Å². The number of nitrogens with two attached hydrogens (primary N) is 1. The number of carboxylic acids is 1. The number of phosphoric acid groups is 1. The van der Waals surface area contributed by atoms with Gasteiger partial charge in [-0.15, -0.1) is 0 Å². The Morgan fingerprint density at radius 3 is 1.30 bits per heavy atom. The molecule has 64 heavy (non-hydrogen) atoms. The fourth-order valence-corrected chi connectivity index (χ4v) is 7.59. The lowest BCUT2D eigenvalue weighted by atomic mass is 10.0. The van der Waals surface area contributed by atoms with Crippen LogP contribution in [0, 0.1) is 0 Å². The molecule has 0 aromatic carbocycles. The molecule has 3 atom stereocenters. The van der Waals surface area contributed by atoms with Gasteiger partial charge in [-0.1, -0.05) is 216 Å². The number of aliphatic carboxylic acids is 1. The molecule has 0 saturated carbocycles. The fourth-order valence-electron chi connectivity index (χ4n) is 6.81. The Morgan fingerprint density at radius 2 is 0.859 bits per heavy atom. The van der Waals surface area contributed by atoms with E-state index in [4.69, 9.17) is 24.8 Å². The van der Waals surface area contributed by atoms with Crippen LogP contribution in [0.1, 0.15) is 219 Å². The monoisotopic (exact) mass is 922 g/mol. The van der Waals surface area contributed by atoms with E-state index in [9.17, 15) is 23.8 Å². The summed E-state index contributed by atoms with van der Waals surface area (Å²) in [6.45, 7) is 2.73. The SMILES string of the molecule is CCCCC/C=C\C/C=C\C/C=C\C/C=C\C/C=C\CCC(=O)OC[C@H](COP(=O)(O)OC[C@H](N)C(=O)O)OC(=O)CCCCCCCCCCCCCCCCCCCCCCC. The minimum Gasteiger partial charge on any atom is -0.480 e. The predicted molar refractivity (Wildman–Crippen MR) is 263 cm³/mol. The summed E-state index contributed by atoms with van der Waals surface area (Å²) in [7, 11) is -4.74. The van der Waals surface area contributed by atoms with Crippen molar-refractivity contribution in [3.8, 4) is 0 Å². The van der Waals surface area contributed by atoms with Crippen molar-refractivity contribution in [2.24, 2.45) is 5.73 Å². The maximum Gasteiger partial charge on any atom is 0.472 e. The molecule has 0 aliphatic carbocycles. The Kier molecular flexibility index (Phi) is 44.6. The van der Waals surface area contributed by atoms with E-state index in [0.717, 1.165) is 44.9 Å². The lowest BCUT2D eigenvalue weighted by molar-refractivity contribution is -0.161. The van der Waals surface area contributed by atoms with Crippen LogP contribution in [0.3, 0.4) is 0 Å². The number of esters is 2. The number of hydrogen-bond donors (Lipinski definition) is 3. The lowest BCUT2D eigenvalue weighted by Crippen LogP contribution is -2.34. The molecule has 0 radical (unpaired) electrons. The van der Waals surface area contributed by atoms with Gasteiger partial charge in [0, 0.05) is 12.8 Å². The molecule has 0 spiro atoms. The van der Waals surface area contributed by atoms with Crippen molar-refractivity contribution < 1.29 is 47.5 Å². The number of rotatable bonds is 47. The number of ether oxygens (including phenoxy) is 2. The number of allylic oxidation sites excluding steroid dienone is 10. The first kappa shape index (κ1) is 61.2. The molecular formula is C52H92NO10P. The molecule has 12 heteroatoms. The van der Waals surface area contributed by atoms with Gasteiger partial charge < -0.3 is 25.2 Å². The van der Waals surface area contributed by atoms with E-state index in [-0.39, 0.29) is 19.4 Å². The maximum absolute atomic E-state index is 12.7. The van der Waals surface area contributed by atoms with Crippen LogP contribution >= 0.6 is 7.82 Å². The van der Waals surface area contributed by atoms with E-state index in [1.165, 1.54) is 135 Å². The van der Waals surface area contributed by atoms with E-state index < -0.39 is 51.1 Å². The highest BCUT2D eigenvalue weighted by atomic mass is 31.2. The summed E-state index contributed by atoms with van der Waals surface area (Å²) < 4.78 is 32.7. The average molecular weight is 922 g/mol. The minimum atomic E-state index is -4.74. The zero-order chi connectivity index (χ0) is 47.0. The van der Waals surface area contributed by atoms with Gasteiger partial charge in [-0.2, -0.15) is 0 Å². The predicted octanol–water partition coefficient (Wildman–Crippen LogP) is 14.3. The molecular weight excluding hydrogens is 830 g/mol. The zero-order valence-corrected chi connectivity index (χ0v) is 41.3. The van der Waals surface area contributed by atoms with Crippen LogP contribution in [0.5, 0.6) is 0 Å². The summed E-state index contributed by atoms with van der Waals surface area (Å²) in [5, 5.41) is 8.92. The molecule has 0 rings (SSSR count). The van der Waals surface area contributed by atoms with Crippen molar-refractivity contribution in [3.63, 3.8) is 0 Å². The quantitative estimate of drug-likeness (QED) is 0.0230. The number of unbranched alkanes of at least 4 members (excludes halogenated alkanes) is 23. The fraction of sp³-hybridized carbons (Fsp3) is 0.750. The number of carbonyl (C=O) groups excluding carboxylic acids is 2. The Labute approximate surface area is 389 Å². The first-order valence-electron chi connectivity index (χ1n) is 25.3. The molecule has 0 aromatic heterocycles. The summed E-state index contributed by atoms with van der Waals surface area (Å²) in [5.74, 6) is -2.48. The van der Waals surface area contributed by atoms with Crippen LogP contribution in [-0.2, 0) is 37.5 Å². The van der Waals surface area contributed by atoms with Gasteiger partial charge in [0.15, 0.2) is 6.10 Å². The number of carboxylic acid groups (broad SMARTS) is 1. The third-order valence-electron chi connectivity index (χ3n) is 10.8. The van der Waals surface area contributed by atoms with Crippen LogP contribution in [0.15, 0.2) is 60.8 Å². The summed E-state index contributed by atoms with van der Waals surface area (Å²) in [6, 6.07) is -1.53. The van der Waals surface area contributed by atoms with Gasteiger partial charge in [0.2, 0.25) is 0 Å². The first-order valence-corrected chi connectivity index (χ1v) is 26.8. The van der Waals surface area contributed by atoms with Gasteiger partial charge >= 0.3 is 25.7 Å². The van der Waals surface area contributed by atoms with Crippen LogP contribution < -0.4 is 5.73 Å². The Balaban J connectivity index is 4.35. The number of hydrogen-bond acceptors (Lipinski definition) is 9. The second kappa shape index (κ2) is 46.7. The molecule has 0 aliphatic heterocycles. The molecule has 0 heterocycles. The summed E-state index contributed by atoms with van der Waals surface area (Å²) in [5.41, 5.74) is 5.35. The lowest BCUT2D eigenvalue weighted by Gasteiger charge is -2.20. The van der Waals surface area contributed by atoms with Gasteiger partial charge in [0.05, 0.1) is 13.2 Å².